The monoisotopic (exact) mass is 305 g/mol. The van der Waals surface area contributed by atoms with Crippen LogP contribution >= 0.6 is 11.8 Å². The third-order valence-electron chi connectivity index (χ3n) is 2.73. The van der Waals surface area contributed by atoms with Crippen LogP contribution in [0.25, 0.3) is 0 Å². The predicted octanol–water partition coefficient (Wildman–Crippen LogP) is 3.31. The highest BCUT2D eigenvalue weighted by atomic mass is 32.2. The van der Waals surface area contributed by atoms with E-state index in [0.717, 1.165) is 10.6 Å². The van der Waals surface area contributed by atoms with Crippen LogP contribution in [-0.2, 0) is 4.79 Å². The lowest BCUT2D eigenvalue weighted by molar-refractivity contribution is -0.116. The molecule has 0 aliphatic carbocycles. The highest BCUT2D eigenvalue weighted by Gasteiger charge is 2.07. The number of nitrogens with one attached hydrogen (secondary N) is 1. The minimum Gasteiger partial charge on any atom is -0.399 e. The molecule has 1 amide bonds. The van der Waals surface area contributed by atoms with Crippen LogP contribution in [0.4, 0.5) is 15.8 Å². The number of nitrogens with two attached hydrogens (primary N) is 1. The molecule has 0 fully saturated rings. The van der Waals surface area contributed by atoms with Gasteiger partial charge in [0.05, 0.1) is 5.69 Å². The van der Waals surface area contributed by atoms with Crippen LogP contribution in [0.2, 0.25) is 0 Å². The molecule has 0 aliphatic rings. The third-order valence-corrected chi connectivity index (χ3v) is 3.83. The summed E-state index contributed by atoms with van der Waals surface area (Å²) < 4.78 is 13.5. The molecule has 4 nitrogen and oxygen atoms in total. The van der Waals surface area contributed by atoms with E-state index in [-0.39, 0.29) is 11.6 Å². The van der Waals surface area contributed by atoms with Crippen molar-refractivity contribution in [1.82, 2.24) is 4.98 Å². The SMILES string of the molecule is Nc1ccc(F)c(NC(=O)CCCSc2ccncc2)c1. The first-order valence-corrected chi connectivity index (χ1v) is 7.51. The second-order valence-electron chi connectivity index (χ2n) is 4.42. The van der Waals surface area contributed by atoms with Gasteiger partial charge in [-0.3, -0.25) is 9.78 Å². The number of carbonyl (C=O) groups is 1. The van der Waals surface area contributed by atoms with E-state index < -0.39 is 5.82 Å². The Morgan fingerprint density at radius 2 is 2.05 bits per heavy atom. The number of hydrogen-bond donors (Lipinski definition) is 2. The lowest BCUT2D eigenvalue weighted by Gasteiger charge is -2.07. The molecule has 2 rings (SSSR count). The molecule has 0 radical (unpaired) electrons. The quantitative estimate of drug-likeness (QED) is 0.488. The minimum atomic E-state index is -0.483. The Morgan fingerprint density at radius 1 is 1.29 bits per heavy atom. The largest absolute Gasteiger partial charge is 0.399 e. The second kappa shape index (κ2) is 7.64. The Labute approximate surface area is 127 Å². The maximum Gasteiger partial charge on any atom is 0.224 e. The molecule has 110 valence electrons. The van der Waals surface area contributed by atoms with Gasteiger partial charge < -0.3 is 11.1 Å². The summed E-state index contributed by atoms with van der Waals surface area (Å²) in [5.74, 6) is 0.121. The summed E-state index contributed by atoms with van der Waals surface area (Å²) in [6.45, 7) is 0. The van der Waals surface area contributed by atoms with Crippen LogP contribution in [0.1, 0.15) is 12.8 Å². The second-order valence-corrected chi connectivity index (χ2v) is 5.59. The molecule has 3 N–H and O–H groups in total. The van der Waals surface area contributed by atoms with E-state index in [1.165, 1.54) is 18.2 Å². The van der Waals surface area contributed by atoms with Crippen molar-refractivity contribution < 1.29 is 9.18 Å². The molecule has 0 bridgehead atoms. The van der Waals surface area contributed by atoms with E-state index in [1.807, 2.05) is 12.1 Å². The van der Waals surface area contributed by atoms with Crippen molar-refractivity contribution >= 4 is 29.0 Å². The van der Waals surface area contributed by atoms with E-state index in [4.69, 9.17) is 5.73 Å². The van der Waals surface area contributed by atoms with E-state index >= 15 is 0 Å². The number of hydrogen-bond acceptors (Lipinski definition) is 4. The third kappa shape index (κ3) is 5.07. The number of halogens is 1. The van der Waals surface area contributed by atoms with Crippen LogP contribution < -0.4 is 11.1 Å². The Kier molecular flexibility index (Phi) is 5.57. The molecule has 0 saturated heterocycles. The van der Waals surface area contributed by atoms with E-state index in [9.17, 15) is 9.18 Å². The zero-order chi connectivity index (χ0) is 15.1. The number of pyridine rings is 1. The molecule has 1 heterocycles. The number of amides is 1. The lowest BCUT2D eigenvalue weighted by atomic mass is 10.2. The molecule has 0 aliphatic heterocycles. The molecule has 1 aromatic carbocycles. The van der Waals surface area contributed by atoms with Crippen LogP contribution in [0.5, 0.6) is 0 Å². The fraction of sp³-hybridized carbons (Fsp3) is 0.200. The van der Waals surface area contributed by atoms with Gasteiger partial charge in [0.1, 0.15) is 5.82 Å². The fourth-order valence-corrected chi connectivity index (χ4v) is 2.55. The fourth-order valence-electron chi connectivity index (χ4n) is 1.71. The Hall–Kier alpha value is -2.08. The molecule has 0 saturated carbocycles. The summed E-state index contributed by atoms with van der Waals surface area (Å²) in [6.07, 6.45) is 4.52. The number of nitrogens with zero attached hydrogens (tertiary/aromatic N) is 1. The summed E-state index contributed by atoms with van der Waals surface area (Å²) in [5, 5.41) is 2.54. The summed E-state index contributed by atoms with van der Waals surface area (Å²) in [4.78, 5) is 16.8. The lowest BCUT2D eigenvalue weighted by Crippen LogP contribution is -2.12. The molecular weight excluding hydrogens is 289 g/mol. The number of nitrogen functional groups attached to an aromatic ring is 1. The highest BCUT2D eigenvalue weighted by Crippen LogP contribution is 2.19. The molecule has 0 unspecified atom stereocenters. The summed E-state index contributed by atoms with van der Waals surface area (Å²) in [6, 6.07) is 7.96. The first-order chi connectivity index (χ1) is 10.1. The maximum atomic E-state index is 13.5. The van der Waals surface area contributed by atoms with Gasteiger partial charge in [-0.1, -0.05) is 0 Å². The Morgan fingerprint density at radius 3 is 2.81 bits per heavy atom. The van der Waals surface area contributed by atoms with Gasteiger partial charge in [0, 0.05) is 29.4 Å². The molecule has 0 atom stereocenters. The smallest absolute Gasteiger partial charge is 0.224 e. The van der Waals surface area contributed by atoms with Gasteiger partial charge in [0.25, 0.3) is 0 Å². The number of carbonyl (C=O) groups excluding carboxylic acids is 1. The summed E-state index contributed by atoms with van der Waals surface area (Å²) in [7, 11) is 0. The van der Waals surface area contributed by atoms with Gasteiger partial charge in [0.2, 0.25) is 5.91 Å². The first kappa shape index (κ1) is 15.3. The highest BCUT2D eigenvalue weighted by molar-refractivity contribution is 7.99. The molecular formula is C15H16FN3OS. The minimum absolute atomic E-state index is 0.127. The van der Waals surface area contributed by atoms with Crippen molar-refractivity contribution in [1.29, 1.82) is 0 Å². The van der Waals surface area contributed by atoms with Crippen molar-refractivity contribution in [3.05, 3.63) is 48.5 Å². The number of anilines is 2. The van der Waals surface area contributed by atoms with Crippen molar-refractivity contribution in [3.8, 4) is 0 Å². The van der Waals surface area contributed by atoms with E-state index in [1.54, 1.807) is 24.2 Å². The van der Waals surface area contributed by atoms with Crippen LogP contribution in [0, 0.1) is 5.82 Å². The van der Waals surface area contributed by atoms with Crippen molar-refractivity contribution in [2.24, 2.45) is 0 Å². The zero-order valence-corrected chi connectivity index (χ0v) is 12.2. The van der Waals surface area contributed by atoms with Crippen molar-refractivity contribution in [3.63, 3.8) is 0 Å². The predicted molar refractivity (Wildman–Crippen MR) is 83.6 cm³/mol. The maximum absolute atomic E-state index is 13.5. The zero-order valence-electron chi connectivity index (χ0n) is 11.4. The number of rotatable bonds is 6. The molecule has 21 heavy (non-hydrogen) atoms. The number of aromatic nitrogens is 1. The molecule has 2 aromatic rings. The first-order valence-electron chi connectivity index (χ1n) is 6.53. The van der Waals surface area contributed by atoms with Crippen LogP contribution in [0.15, 0.2) is 47.6 Å². The van der Waals surface area contributed by atoms with Crippen LogP contribution in [-0.4, -0.2) is 16.6 Å². The normalized spacial score (nSPS) is 10.3. The molecule has 6 heteroatoms. The summed E-state index contributed by atoms with van der Waals surface area (Å²) in [5.41, 5.74) is 6.11. The average Bonchev–Trinajstić information content (AvgIpc) is 2.48. The van der Waals surface area contributed by atoms with E-state index in [0.29, 0.717) is 18.5 Å². The van der Waals surface area contributed by atoms with Crippen molar-refractivity contribution in [2.45, 2.75) is 17.7 Å². The topological polar surface area (TPSA) is 68.0 Å². The van der Waals surface area contributed by atoms with Crippen LogP contribution in [0.3, 0.4) is 0 Å². The van der Waals surface area contributed by atoms with Gasteiger partial charge in [0.15, 0.2) is 0 Å². The molecule has 1 aromatic heterocycles. The van der Waals surface area contributed by atoms with Gasteiger partial charge >= 0.3 is 0 Å². The van der Waals surface area contributed by atoms with E-state index in [2.05, 4.69) is 10.3 Å². The van der Waals surface area contributed by atoms with Crippen molar-refractivity contribution in [2.75, 3.05) is 16.8 Å². The number of thioether (sulfide) groups is 1. The Bertz CT molecular complexity index is 607. The average molecular weight is 305 g/mol. The van der Waals surface area contributed by atoms with Gasteiger partial charge in [-0.25, -0.2) is 4.39 Å². The summed E-state index contributed by atoms with van der Waals surface area (Å²) >= 11 is 1.66. The van der Waals surface area contributed by atoms with Gasteiger partial charge in [-0.2, -0.15) is 0 Å². The number of benzene rings is 1. The van der Waals surface area contributed by atoms with Gasteiger partial charge in [-0.15, -0.1) is 11.8 Å². The Balaban J connectivity index is 1.74. The van der Waals surface area contributed by atoms with Gasteiger partial charge in [-0.05, 0) is 42.5 Å². The molecule has 0 spiro atoms. The standard InChI is InChI=1S/C15H16FN3OS/c16-13-4-3-11(17)10-14(13)19-15(20)2-1-9-21-12-5-7-18-8-6-12/h3-8,10H,1-2,9,17H2,(H,19,20).